The molecule has 2 aliphatic heterocycles. The van der Waals surface area contributed by atoms with E-state index in [0.717, 1.165) is 62.9 Å². The van der Waals surface area contributed by atoms with Gasteiger partial charge in [0.25, 0.3) is 0 Å². The average Bonchev–Trinajstić information content (AvgIpc) is 3.49. The molecule has 2 fully saturated rings. The first-order valence-corrected chi connectivity index (χ1v) is 30.6. The average molecular weight is 1140 g/mol. The second-order valence-corrected chi connectivity index (χ2v) is 26.3. The standard InChI is InChI=1S/C57H72Cl2N10O7S2/c1-10-77(71,72)53-40(31-70)14-12-16-47(53)65-55-45(59)30-62-56(69-55)66-48-24-36(8)43(28-50(48)75-32(2)3)39-19-22-61-41(26-39)25-37(9)76-51-27-42(38-17-20-60-21-18-38)35(7)23-49(51)67-57-63-29-44(58)54(68-57)64-46-15-11-13-34(6)52(46)78(73,74)33(4)5/h11-16,23-24,27-30,32-33,37-39,41,60-61,70H,10,17-22,25-26,31H2,1-9H3,(H2,62,65,66,69)(H2,63,64,67,68). The lowest BCUT2D eigenvalue weighted by molar-refractivity contribution is 0.180. The largest absolute Gasteiger partial charge is 0.489 e. The van der Waals surface area contributed by atoms with E-state index in [9.17, 15) is 21.9 Å². The molecule has 4 heterocycles. The van der Waals surface area contributed by atoms with Crippen molar-refractivity contribution in [3.63, 3.8) is 0 Å². The smallest absolute Gasteiger partial charge is 0.229 e. The molecular weight excluding hydrogens is 1070 g/mol. The Morgan fingerprint density at radius 1 is 0.679 bits per heavy atom. The highest BCUT2D eigenvalue weighted by molar-refractivity contribution is 7.92. The predicted molar refractivity (Wildman–Crippen MR) is 312 cm³/mol. The Balaban J connectivity index is 1.01. The Bertz CT molecular complexity index is 3360. The zero-order valence-electron chi connectivity index (χ0n) is 45.7. The monoisotopic (exact) mass is 1140 g/mol. The van der Waals surface area contributed by atoms with Crippen molar-refractivity contribution in [1.29, 1.82) is 0 Å². The molecule has 0 saturated carbocycles. The fraction of sp³-hybridized carbons (Fsp3) is 0.439. The molecule has 8 rings (SSSR count). The van der Waals surface area contributed by atoms with E-state index in [2.05, 4.69) is 85.8 Å². The van der Waals surface area contributed by atoms with E-state index >= 15 is 0 Å². The number of sulfone groups is 2. The van der Waals surface area contributed by atoms with Gasteiger partial charge in [0, 0.05) is 6.04 Å². The van der Waals surface area contributed by atoms with Crippen LogP contribution in [0.4, 0.5) is 46.3 Å². The van der Waals surface area contributed by atoms with Gasteiger partial charge >= 0.3 is 0 Å². The van der Waals surface area contributed by atoms with Gasteiger partial charge in [-0.2, -0.15) is 9.97 Å². The minimum Gasteiger partial charge on any atom is -0.489 e. The van der Waals surface area contributed by atoms with Gasteiger partial charge in [0.1, 0.15) is 21.5 Å². The van der Waals surface area contributed by atoms with Crippen molar-refractivity contribution in [2.75, 3.05) is 46.7 Å². The molecule has 4 aromatic carbocycles. The Kier molecular flexibility index (Phi) is 18.8. The minimum absolute atomic E-state index is 0.0107. The summed E-state index contributed by atoms with van der Waals surface area (Å²) >= 11 is 13.3. The van der Waals surface area contributed by atoms with Gasteiger partial charge in [0.2, 0.25) is 11.9 Å². The summed E-state index contributed by atoms with van der Waals surface area (Å²) in [7, 11) is -7.38. The molecule has 2 aromatic heterocycles. The van der Waals surface area contributed by atoms with Crippen molar-refractivity contribution in [1.82, 2.24) is 30.6 Å². The van der Waals surface area contributed by atoms with Crippen molar-refractivity contribution in [2.24, 2.45) is 0 Å². The molecule has 0 spiro atoms. The lowest BCUT2D eigenvalue weighted by atomic mass is 9.82. The van der Waals surface area contributed by atoms with Gasteiger partial charge < -0.3 is 46.5 Å². The molecule has 7 N–H and O–H groups in total. The zero-order valence-corrected chi connectivity index (χ0v) is 48.9. The van der Waals surface area contributed by atoms with Gasteiger partial charge in [-0.3, -0.25) is 0 Å². The maximum atomic E-state index is 13.5. The van der Waals surface area contributed by atoms with Crippen LogP contribution in [-0.4, -0.2) is 90.8 Å². The zero-order chi connectivity index (χ0) is 56.1. The second-order valence-electron chi connectivity index (χ2n) is 20.8. The van der Waals surface area contributed by atoms with Crippen molar-refractivity contribution >= 4 is 89.2 Å². The highest BCUT2D eigenvalue weighted by Crippen LogP contribution is 2.42. The predicted octanol–water partition coefficient (Wildman–Crippen LogP) is 11.9. The summed E-state index contributed by atoms with van der Waals surface area (Å²) in [6.07, 6.45) is 7.12. The van der Waals surface area contributed by atoms with E-state index in [1.807, 2.05) is 19.9 Å². The molecule has 17 nitrogen and oxygen atoms in total. The van der Waals surface area contributed by atoms with Crippen molar-refractivity contribution in [3.8, 4) is 11.5 Å². The van der Waals surface area contributed by atoms with Crippen molar-refractivity contribution < 1.29 is 31.4 Å². The number of ether oxygens (including phenoxy) is 2. The summed E-state index contributed by atoms with van der Waals surface area (Å²) in [6, 6.07) is 18.7. The van der Waals surface area contributed by atoms with Crippen molar-refractivity contribution in [3.05, 3.63) is 116 Å². The minimum atomic E-state index is -3.73. The first-order chi connectivity index (χ1) is 37.1. The number of nitrogens with one attached hydrogen (secondary N) is 6. The van der Waals surface area contributed by atoms with Crippen LogP contribution in [-0.2, 0) is 26.3 Å². The molecule has 0 aliphatic carbocycles. The van der Waals surface area contributed by atoms with Crippen LogP contribution in [0, 0.1) is 20.8 Å². The maximum absolute atomic E-state index is 13.5. The molecule has 3 atom stereocenters. The van der Waals surface area contributed by atoms with Crippen LogP contribution in [0.2, 0.25) is 10.0 Å². The number of piperidine rings is 2. The molecule has 78 heavy (non-hydrogen) atoms. The number of aliphatic hydroxyl groups is 1. The number of halogens is 2. The molecule has 2 saturated heterocycles. The lowest BCUT2D eigenvalue weighted by Crippen LogP contribution is -2.40. The van der Waals surface area contributed by atoms with Gasteiger partial charge in [-0.1, -0.05) is 54.4 Å². The van der Waals surface area contributed by atoms with Crippen LogP contribution in [0.1, 0.15) is 119 Å². The van der Waals surface area contributed by atoms with Crippen LogP contribution in [0.5, 0.6) is 11.5 Å². The number of aryl methyl sites for hydroxylation is 3. The van der Waals surface area contributed by atoms with E-state index in [1.165, 1.54) is 23.5 Å². The van der Waals surface area contributed by atoms with Gasteiger partial charge in [-0.25, -0.2) is 26.8 Å². The summed E-state index contributed by atoms with van der Waals surface area (Å²) in [6.45, 7) is 19.2. The van der Waals surface area contributed by atoms with E-state index in [0.29, 0.717) is 40.0 Å². The number of hydrogen-bond donors (Lipinski definition) is 7. The topological polar surface area (TPSA) is 231 Å². The number of rotatable bonds is 21. The van der Waals surface area contributed by atoms with Crippen molar-refractivity contribution in [2.45, 2.75) is 146 Å². The summed E-state index contributed by atoms with van der Waals surface area (Å²) in [5, 5.41) is 30.1. The number of anilines is 8. The third-order valence-electron chi connectivity index (χ3n) is 14.3. The van der Waals surface area contributed by atoms with Crippen LogP contribution in [0.3, 0.4) is 0 Å². The van der Waals surface area contributed by atoms with E-state index < -0.39 is 31.5 Å². The number of hydrogen-bond acceptors (Lipinski definition) is 17. The molecule has 0 radical (unpaired) electrons. The fourth-order valence-corrected chi connectivity index (χ4v) is 13.4. The maximum Gasteiger partial charge on any atom is 0.229 e. The SMILES string of the molecule is CCS(=O)(=O)c1c(CO)cccc1Nc1nc(Nc2cc(C)c(C3CCNC(CC(C)Oc4cc(C5CCNCC5)c(C)cc4Nc4ncc(Cl)c(Nc5cccc(C)c5S(=O)(=O)C(C)C)n4)C3)cc2OC(C)C)ncc1Cl. The molecule has 21 heteroatoms. The molecule has 3 unspecified atom stereocenters. The first kappa shape index (κ1) is 58.4. The normalized spacial score (nSPS) is 16.7. The summed E-state index contributed by atoms with van der Waals surface area (Å²) in [4.78, 5) is 18.6. The Hall–Kier alpha value is -5.80. The molecule has 418 valence electrons. The van der Waals surface area contributed by atoms with Gasteiger partial charge in [-0.05, 0) is 189 Å². The van der Waals surface area contributed by atoms with Crippen LogP contribution < -0.4 is 41.4 Å². The van der Waals surface area contributed by atoms with Gasteiger partial charge in [0.05, 0.1) is 74.8 Å². The van der Waals surface area contributed by atoms with Crippen LogP contribution in [0.25, 0.3) is 0 Å². The highest BCUT2D eigenvalue weighted by Gasteiger charge is 2.30. The molecule has 0 amide bonds. The van der Waals surface area contributed by atoms with Crippen LogP contribution in [0.15, 0.2) is 82.8 Å². The first-order valence-electron chi connectivity index (χ1n) is 26.6. The Labute approximate surface area is 469 Å². The fourth-order valence-electron chi connectivity index (χ4n) is 10.4. The highest BCUT2D eigenvalue weighted by atomic mass is 35.5. The third-order valence-corrected chi connectivity index (χ3v) is 19.1. The lowest BCUT2D eigenvalue weighted by Gasteiger charge is -2.34. The van der Waals surface area contributed by atoms with E-state index in [-0.39, 0.29) is 84.5 Å². The summed E-state index contributed by atoms with van der Waals surface area (Å²) in [5.74, 6) is 2.65. The quantitative estimate of drug-likeness (QED) is 0.0355. The summed E-state index contributed by atoms with van der Waals surface area (Å²) < 4.78 is 66.8. The molecule has 2 aliphatic rings. The molecule has 6 aromatic rings. The van der Waals surface area contributed by atoms with E-state index in [4.69, 9.17) is 37.7 Å². The Morgan fingerprint density at radius 3 is 1.77 bits per heavy atom. The number of nitrogens with zero attached hydrogens (tertiary/aromatic N) is 4. The van der Waals surface area contributed by atoms with Crippen LogP contribution >= 0.6 is 23.2 Å². The Morgan fingerprint density at radius 2 is 1.22 bits per heavy atom. The molecule has 0 bridgehead atoms. The summed E-state index contributed by atoms with van der Waals surface area (Å²) in [5.41, 5.74) is 7.46. The second kappa shape index (κ2) is 25.1. The van der Waals surface area contributed by atoms with Gasteiger partial charge in [-0.15, -0.1) is 0 Å². The third kappa shape index (κ3) is 13.6. The van der Waals surface area contributed by atoms with Gasteiger partial charge in [0.15, 0.2) is 31.3 Å². The number of aliphatic hydroxyl groups excluding tert-OH is 1. The number of benzene rings is 4. The number of aromatic nitrogens is 4. The van der Waals surface area contributed by atoms with E-state index in [1.54, 1.807) is 64.1 Å². The molecular formula is C57H72Cl2N10O7S2.